The molecule has 1 unspecified atom stereocenters. The molecule has 0 aliphatic carbocycles. The molecule has 0 saturated heterocycles. The lowest BCUT2D eigenvalue weighted by molar-refractivity contribution is 0.438. The molecule has 0 aliphatic heterocycles. The highest BCUT2D eigenvalue weighted by atomic mass is 15.2. The number of hydrogen-bond acceptors (Lipinski definition) is 2. The third-order valence-electron chi connectivity index (χ3n) is 2.72. The first-order valence-corrected chi connectivity index (χ1v) is 5.24. The molecule has 0 spiro atoms. The van der Waals surface area contributed by atoms with Gasteiger partial charge in [0, 0.05) is 19.8 Å². The molecule has 0 aliphatic rings. The zero-order chi connectivity index (χ0) is 10.7. The second-order valence-electron chi connectivity index (χ2n) is 4.42. The van der Waals surface area contributed by atoms with Gasteiger partial charge in [0.15, 0.2) is 0 Å². The van der Waals surface area contributed by atoms with Gasteiger partial charge in [-0.25, -0.2) is 4.98 Å². The minimum Gasteiger partial charge on any atom is -0.355 e. The molecule has 80 valence electrons. The Bertz CT molecular complexity index is 289. The van der Waals surface area contributed by atoms with Crippen molar-refractivity contribution in [2.75, 3.05) is 11.9 Å². The largest absolute Gasteiger partial charge is 0.355 e. The maximum Gasteiger partial charge on any atom is 0.202 e. The van der Waals surface area contributed by atoms with Crippen LogP contribution in [0.4, 0.5) is 5.95 Å². The van der Waals surface area contributed by atoms with Gasteiger partial charge in [-0.05, 0) is 18.8 Å². The second kappa shape index (κ2) is 4.49. The van der Waals surface area contributed by atoms with Crippen LogP contribution in [0.15, 0.2) is 6.20 Å². The van der Waals surface area contributed by atoms with Gasteiger partial charge in [0.25, 0.3) is 0 Å². The van der Waals surface area contributed by atoms with E-state index in [9.17, 15) is 0 Å². The van der Waals surface area contributed by atoms with E-state index >= 15 is 0 Å². The molecule has 0 aromatic carbocycles. The van der Waals surface area contributed by atoms with Crippen molar-refractivity contribution >= 4 is 5.95 Å². The summed E-state index contributed by atoms with van der Waals surface area (Å²) < 4.78 is 2.03. The van der Waals surface area contributed by atoms with Crippen molar-refractivity contribution in [3.63, 3.8) is 0 Å². The Kier molecular flexibility index (Phi) is 3.55. The van der Waals surface area contributed by atoms with Crippen LogP contribution in [0, 0.1) is 18.8 Å². The smallest absolute Gasteiger partial charge is 0.202 e. The van der Waals surface area contributed by atoms with Crippen LogP contribution in [0.5, 0.6) is 0 Å². The minimum atomic E-state index is 0.673. The van der Waals surface area contributed by atoms with E-state index in [1.165, 1.54) is 0 Å². The van der Waals surface area contributed by atoms with Crippen molar-refractivity contribution in [2.24, 2.45) is 18.9 Å². The highest BCUT2D eigenvalue weighted by Crippen LogP contribution is 2.11. The van der Waals surface area contributed by atoms with Crippen LogP contribution < -0.4 is 5.32 Å². The van der Waals surface area contributed by atoms with Crippen LogP contribution in [-0.2, 0) is 7.05 Å². The van der Waals surface area contributed by atoms with Crippen molar-refractivity contribution in [1.82, 2.24) is 9.55 Å². The normalized spacial score (nSPS) is 13.3. The molecule has 0 saturated carbocycles. The topological polar surface area (TPSA) is 29.9 Å². The van der Waals surface area contributed by atoms with Gasteiger partial charge in [-0.15, -0.1) is 0 Å². The van der Waals surface area contributed by atoms with E-state index in [1.807, 2.05) is 24.7 Å². The lowest BCUT2D eigenvalue weighted by Crippen LogP contribution is -2.17. The van der Waals surface area contributed by atoms with Crippen LogP contribution >= 0.6 is 0 Å². The van der Waals surface area contributed by atoms with Gasteiger partial charge >= 0.3 is 0 Å². The molecule has 1 N–H and O–H groups in total. The summed E-state index contributed by atoms with van der Waals surface area (Å²) >= 11 is 0. The third kappa shape index (κ3) is 2.76. The van der Waals surface area contributed by atoms with Crippen molar-refractivity contribution < 1.29 is 0 Å². The van der Waals surface area contributed by atoms with Crippen LogP contribution in [0.2, 0.25) is 0 Å². The number of aryl methyl sites for hydroxylation is 2. The fraction of sp³-hybridized carbons (Fsp3) is 0.727. The summed E-state index contributed by atoms with van der Waals surface area (Å²) in [4.78, 5) is 4.39. The van der Waals surface area contributed by atoms with Crippen LogP contribution in [0.25, 0.3) is 0 Å². The number of nitrogens with one attached hydrogen (secondary N) is 1. The van der Waals surface area contributed by atoms with Crippen LogP contribution in [-0.4, -0.2) is 16.1 Å². The molecular formula is C11H21N3. The molecule has 1 rings (SSSR count). The summed E-state index contributed by atoms with van der Waals surface area (Å²) in [6.07, 6.45) is 2.03. The zero-order valence-electron chi connectivity index (χ0n) is 9.83. The molecular weight excluding hydrogens is 174 g/mol. The average Bonchev–Trinajstić information content (AvgIpc) is 2.40. The first-order valence-electron chi connectivity index (χ1n) is 5.24. The van der Waals surface area contributed by atoms with E-state index < -0.39 is 0 Å². The van der Waals surface area contributed by atoms with Gasteiger partial charge in [-0.3, -0.25) is 0 Å². The standard InChI is InChI=1S/C11H21N3/c1-8(2)9(3)6-12-11-13-10(4)7-14(11)5/h7-9H,6H2,1-5H3,(H,12,13). The van der Waals surface area contributed by atoms with Gasteiger partial charge in [0.05, 0.1) is 5.69 Å². The monoisotopic (exact) mass is 195 g/mol. The number of aromatic nitrogens is 2. The number of rotatable bonds is 4. The fourth-order valence-electron chi connectivity index (χ4n) is 1.27. The van der Waals surface area contributed by atoms with E-state index in [2.05, 4.69) is 31.1 Å². The Morgan fingerprint density at radius 3 is 2.50 bits per heavy atom. The average molecular weight is 195 g/mol. The van der Waals surface area contributed by atoms with Crippen LogP contribution in [0.1, 0.15) is 26.5 Å². The molecule has 14 heavy (non-hydrogen) atoms. The minimum absolute atomic E-state index is 0.673. The molecule has 0 fully saturated rings. The number of hydrogen-bond donors (Lipinski definition) is 1. The van der Waals surface area contributed by atoms with Crippen molar-refractivity contribution in [1.29, 1.82) is 0 Å². The first kappa shape index (κ1) is 11.1. The molecule has 3 nitrogen and oxygen atoms in total. The summed E-state index contributed by atoms with van der Waals surface area (Å²) in [6, 6.07) is 0. The molecule has 1 aromatic heterocycles. The zero-order valence-corrected chi connectivity index (χ0v) is 9.83. The predicted octanol–water partition coefficient (Wildman–Crippen LogP) is 2.43. The van der Waals surface area contributed by atoms with Gasteiger partial charge in [-0.1, -0.05) is 20.8 Å². The third-order valence-corrected chi connectivity index (χ3v) is 2.72. The summed E-state index contributed by atoms with van der Waals surface area (Å²) in [7, 11) is 2.02. The quantitative estimate of drug-likeness (QED) is 0.799. The molecule has 1 heterocycles. The second-order valence-corrected chi connectivity index (χ2v) is 4.42. The van der Waals surface area contributed by atoms with E-state index in [0.29, 0.717) is 11.8 Å². The Hall–Kier alpha value is -0.990. The van der Waals surface area contributed by atoms with E-state index in [-0.39, 0.29) is 0 Å². The molecule has 1 aromatic rings. The highest BCUT2D eigenvalue weighted by molar-refractivity contribution is 5.28. The maximum absolute atomic E-state index is 4.39. The Labute approximate surface area is 86.5 Å². The van der Waals surface area contributed by atoms with Gasteiger partial charge < -0.3 is 9.88 Å². The molecule has 0 amide bonds. The van der Waals surface area contributed by atoms with Crippen molar-refractivity contribution in [3.05, 3.63) is 11.9 Å². The summed E-state index contributed by atoms with van der Waals surface area (Å²) in [6.45, 7) is 9.75. The lowest BCUT2D eigenvalue weighted by atomic mass is 9.98. The Balaban J connectivity index is 2.49. The van der Waals surface area contributed by atoms with Crippen LogP contribution in [0.3, 0.4) is 0 Å². The lowest BCUT2D eigenvalue weighted by Gasteiger charge is -2.16. The summed E-state index contributed by atoms with van der Waals surface area (Å²) in [5.41, 5.74) is 1.06. The number of anilines is 1. The number of nitrogens with zero attached hydrogens (tertiary/aromatic N) is 2. The molecule has 0 radical (unpaired) electrons. The van der Waals surface area contributed by atoms with Gasteiger partial charge in [-0.2, -0.15) is 0 Å². The summed E-state index contributed by atoms with van der Waals surface area (Å²) in [5, 5.41) is 3.37. The van der Waals surface area contributed by atoms with E-state index in [0.717, 1.165) is 18.2 Å². The fourth-order valence-corrected chi connectivity index (χ4v) is 1.27. The predicted molar refractivity (Wildman–Crippen MR) is 60.4 cm³/mol. The van der Waals surface area contributed by atoms with Gasteiger partial charge in [0.1, 0.15) is 0 Å². The van der Waals surface area contributed by atoms with Gasteiger partial charge in [0.2, 0.25) is 5.95 Å². The molecule has 0 bridgehead atoms. The number of imidazole rings is 1. The first-order chi connectivity index (χ1) is 6.50. The Morgan fingerprint density at radius 2 is 2.07 bits per heavy atom. The SMILES string of the molecule is Cc1cn(C)c(NCC(C)C(C)C)n1. The molecule has 1 atom stereocenters. The Morgan fingerprint density at radius 1 is 1.43 bits per heavy atom. The van der Waals surface area contributed by atoms with Crippen molar-refractivity contribution in [3.8, 4) is 0 Å². The summed E-state index contributed by atoms with van der Waals surface area (Å²) in [5.74, 6) is 2.35. The van der Waals surface area contributed by atoms with E-state index in [4.69, 9.17) is 0 Å². The van der Waals surface area contributed by atoms with E-state index in [1.54, 1.807) is 0 Å². The highest BCUT2D eigenvalue weighted by Gasteiger charge is 2.08. The molecule has 3 heteroatoms. The van der Waals surface area contributed by atoms with Crippen molar-refractivity contribution in [2.45, 2.75) is 27.7 Å². The maximum atomic E-state index is 4.39.